The predicted molar refractivity (Wildman–Crippen MR) is 95.1 cm³/mol. The maximum absolute atomic E-state index is 12.6. The van der Waals surface area contributed by atoms with Crippen LogP contribution in [0.3, 0.4) is 0 Å². The second-order valence-corrected chi connectivity index (χ2v) is 5.51. The zero-order valence-electron chi connectivity index (χ0n) is 13.2. The Kier molecular flexibility index (Phi) is 3.46. The van der Waals surface area contributed by atoms with E-state index in [0.717, 1.165) is 28.5 Å². The van der Waals surface area contributed by atoms with Crippen molar-refractivity contribution in [2.45, 2.75) is 13.5 Å². The molecule has 0 fully saturated rings. The lowest BCUT2D eigenvalue weighted by Crippen LogP contribution is -2.17. The first-order chi connectivity index (χ1) is 11.8. The summed E-state index contributed by atoms with van der Waals surface area (Å²) in [6.07, 6.45) is 0. The van der Waals surface area contributed by atoms with Crippen LogP contribution in [0.15, 0.2) is 60.7 Å². The lowest BCUT2D eigenvalue weighted by molar-refractivity contribution is 0.102. The summed E-state index contributed by atoms with van der Waals surface area (Å²) < 4.78 is 1.98. The number of imidazole rings is 1. The maximum atomic E-state index is 12.6. The van der Waals surface area contributed by atoms with Gasteiger partial charge in [0.1, 0.15) is 5.69 Å². The van der Waals surface area contributed by atoms with Crippen molar-refractivity contribution in [2.24, 2.45) is 0 Å². The number of nitrogens with one attached hydrogen (secondary N) is 1. The van der Waals surface area contributed by atoms with Crippen LogP contribution in [0, 0.1) is 0 Å². The van der Waals surface area contributed by atoms with Gasteiger partial charge in [0.25, 0.3) is 5.91 Å². The summed E-state index contributed by atoms with van der Waals surface area (Å²) in [7, 11) is 0. The van der Waals surface area contributed by atoms with Crippen molar-refractivity contribution in [3.8, 4) is 0 Å². The minimum Gasteiger partial charge on any atom is -0.310 e. The molecule has 2 heterocycles. The third kappa shape index (κ3) is 2.40. The number of anilines is 1. The molecule has 2 aromatic carbocycles. The minimum atomic E-state index is -0.259. The van der Waals surface area contributed by atoms with Crippen LogP contribution in [0.4, 0.5) is 5.95 Å². The Morgan fingerprint density at radius 3 is 2.54 bits per heavy atom. The number of amides is 1. The highest BCUT2D eigenvalue weighted by molar-refractivity contribution is 6.03. The van der Waals surface area contributed by atoms with Gasteiger partial charge >= 0.3 is 0 Å². The molecule has 0 spiro atoms. The van der Waals surface area contributed by atoms with E-state index >= 15 is 0 Å². The zero-order valence-corrected chi connectivity index (χ0v) is 13.2. The summed E-state index contributed by atoms with van der Waals surface area (Å²) in [6, 6.07) is 19.2. The number of carbonyl (C=O) groups excluding carboxylic acids is 1. The topological polar surface area (TPSA) is 59.8 Å². The van der Waals surface area contributed by atoms with E-state index in [-0.39, 0.29) is 5.91 Å². The minimum absolute atomic E-state index is 0.259. The van der Waals surface area contributed by atoms with Gasteiger partial charge < -0.3 is 4.57 Å². The predicted octanol–water partition coefficient (Wildman–Crippen LogP) is 3.86. The molecule has 0 aliphatic rings. The van der Waals surface area contributed by atoms with Crippen molar-refractivity contribution in [2.75, 3.05) is 5.32 Å². The van der Waals surface area contributed by atoms with Crippen molar-refractivity contribution < 1.29 is 4.79 Å². The van der Waals surface area contributed by atoms with E-state index in [0.29, 0.717) is 11.6 Å². The summed E-state index contributed by atoms with van der Waals surface area (Å²) in [4.78, 5) is 21.5. The third-order valence-corrected chi connectivity index (χ3v) is 4.03. The SMILES string of the molecule is CCn1c(NC(=O)c2ccc3ccccc3n2)nc2ccccc21. The van der Waals surface area contributed by atoms with Crippen LogP contribution < -0.4 is 5.32 Å². The van der Waals surface area contributed by atoms with Crippen LogP contribution in [0.5, 0.6) is 0 Å². The van der Waals surface area contributed by atoms with Crippen LogP contribution in [0.1, 0.15) is 17.4 Å². The van der Waals surface area contributed by atoms with E-state index in [1.165, 1.54) is 0 Å². The van der Waals surface area contributed by atoms with E-state index < -0.39 is 0 Å². The van der Waals surface area contributed by atoms with Gasteiger partial charge in [-0.05, 0) is 31.2 Å². The number of hydrogen-bond acceptors (Lipinski definition) is 3. The highest BCUT2D eigenvalue weighted by atomic mass is 16.2. The third-order valence-electron chi connectivity index (χ3n) is 4.03. The summed E-state index contributed by atoms with van der Waals surface area (Å²) in [5.74, 6) is 0.282. The summed E-state index contributed by atoms with van der Waals surface area (Å²) in [6.45, 7) is 2.75. The number of aromatic nitrogens is 3. The van der Waals surface area contributed by atoms with Crippen molar-refractivity contribution in [1.82, 2.24) is 14.5 Å². The van der Waals surface area contributed by atoms with Gasteiger partial charge in [0.2, 0.25) is 5.95 Å². The van der Waals surface area contributed by atoms with E-state index in [2.05, 4.69) is 15.3 Å². The van der Waals surface area contributed by atoms with E-state index in [9.17, 15) is 4.79 Å². The maximum Gasteiger partial charge on any atom is 0.276 e. The molecule has 5 heteroatoms. The quantitative estimate of drug-likeness (QED) is 0.624. The number of benzene rings is 2. The number of hydrogen-bond donors (Lipinski definition) is 1. The first-order valence-electron chi connectivity index (χ1n) is 7.88. The number of nitrogens with zero attached hydrogens (tertiary/aromatic N) is 3. The van der Waals surface area contributed by atoms with Gasteiger partial charge in [0.15, 0.2) is 0 Å². The molecule has 4 aromatic rings. The smallest absolute Gasteiger partial charge is 0.276 e. The van der Waals surface area contributed by atoms with Crippen molar-refractivity contribution in [1.29, 1.82) is 0 Å². The molecule has 1 amide bonds. The lowest BCUT2D eigenvalue weighted by Gasteiger charge is -2.07. The molecule has 4 rings (SSSR count). The van der Waals surface area contributed by atoms with Gasteiger partial charge in [-0.1, -0.05) is 36.4 Å². The summed E-state index contributed by atoms with van der Waals surface area (Å²) >= 11 is 0. The molecule has 24 heavy (non-hydrogen) atoms. The normalized spacial score (nSPS) is 11.0. The number of para-hydroxylation sites is 3. The average Bonchev–Trinajstić information content (AvgIpc) is 2.98. The summed E-state index contributed by atoms with van der Waals surface area (Å²) in [5.41, 5.74) is 3.04. The molecule has 0 aliphatic carbocycles. The molecule has 5 nitrogen and oxygen atoms in total. The fourth-order valence-corrected chi connectivity index (χ4v) is 2.85. The Balaban J connectivity index is 1.70. The fourth-order valence-electron chi connectivity index (χ4n) is 2.85. The standard InChI is InChI=1S/C19H16N4O/c1-2-23-17-10-6-5-9-15(17)21-19(23)22-18(24)16-12-11-13-7-3-4-8-14(13)20-16/h3-12H,2H2,1H3,(H,21,22,24). The Bertz CT molecular complexity index is 1050. The van der Waals surface area contributed by atoms with E-state index in [1.54, 1.807) is 6.07 Å². The van der Waals surface area contributed by atoms with Crippen LogP contribution >= 0.6 is 0 Å². The molecule has 0 radical (unpaired) electrons. The van der Waals surface area contributed by atoms with Gasteiger partial charge in [-0.2, -0.15) is 0 Å². The molecule has 2 aromatic heterocycles. The number of carbonyl (C=O) groups is 1. The first-order valence-corrected chi connectivity index (χ1v) is 7.88. The molecule has 0 unspecified atom stereocenters. The van der Waals surface area contributed by atoms with Gasteiger partial charge in [-0.3, -0.25) is 10.1 Å². The molecule has 0 saturated heterocycles. The molecule has 0 bridgehead atoms. The van der Waals surface area contributed by atoms with E-state index in [4.69, 9.17) is 0 Å². The second-order valence-electron chi connectivity index (χ2n) is 5.51. The first kappa shape index (κ1) is 14.4. The van der Waals surface area contributed by atoms with Gasteiger partial charge in [-0.25, -0.2) is 9.97 Å². The number of rotatable bonds is 3. The Hall–Kier alpha value is -3.21. The fraction of sp³-hybridized carbons (Fsp3) is 0.105. The van der Waals surface area contributed by atoms with Crippen LogP contribution in [0.25, 0.3) is 21.9 Å². The highest BCUT2D eigenvalue weighted by Gasteiger charge is 2.14. The highest BCUT2D eigenvalue weighted by Crippen LogP contribution is 2.20. The van der Waals surface area contributed by atoms with Crippen molar-refractivity contribution >= 4 is 33.8 Å². The molecular weight excluding hydrogens is 300 g/mol. The molecule has 1 N–H and O–H groups in total. The monoisotopic (exact) mass is 316 g/mol. The number of pyridine rings is 1. The molecule has 0 saturated carbocycles. The van der Waals surface area contributed by atoms with Crippen LogP contribution in [-0.2, 0) is 6.54 Å². The Labute approximate surface area is 139 Å². The number of aryl methyl sites for hydroxylation is 1. The Morgan fingerprint density at radius 2 is 1.71 bits per heavy atom. The van der Waals surface area contributed by atoms with Crippen molar-refractivity contribution in [3.05, 3.63) is 66.4 Å². The van der Waals surface area contributed by atoms with Gasteiger partial charge in [0, 0.05) is 11.9 Å². The molecule has 0 atom stereocenters. The second kappa shape index (κ2) is 5.77. The van der Waals surface area contributed by atoms with Crippen LogP contribution in [0.2, 0.25) is 0 Å². The summed E-state index contributed by atoms with van der Waals surface area (Å²) in [5, 5.41) is 3.89. The number of fused-ring (bicyclic) bond motifs is 2. The molecular formula is C19H16N4O. The average molecular weight is 316 g/mol. The van der Waals surface area contributed by atoms with Gasteiger partial charge in [-0.15, -0.1) is 0 Å². The molecule has 118 valence electrons. The molecule has 0 aliphatic heterocycles. The van der Waals surface area contributed by atoms with Crippen molar-refractivity contribution in [3.63, 3.8) is 0 Å². The van der Waals surface area contributed by atoms with E-state index in [1.807, 2.05) is 66.1 Å². The van der Waals surface area contributed by atoms with Crippen LogP contribution in [-0.4, -0.2) is 20.4 Å². The lowest BCUT2D eigenvalue weighted by atomic mass is 10.2. The Morgan fingerprint density at radius 1 is 0.958 bits per heavy atom. The largest absolute Gasteiger partial charge is 0.310 e. The van der Waals surface area contributed by atoms with Gasteiger partial charge in [0.05, 0.1) is 16.6 Å². The zero-order chi connectivity index (χ0) is 16.5.